The van der Waals surface area contributed by atoms with Crippen LogP contribution < -0.4 is 10.2 Å². The fraction of sp³-hybridized carbons (Fsp3) is 0.500. The summed E-state index contributed by atoms with van der Waals surface area (Å²) in [7, 11) is 0. The quantitative estimate of drug-likeness (QED) is 0.667. The average Bonchev–Trinajstić information content (AvgIpc) is 2.92. The summed E-state index contributed by atoms with van der Waals surface area (Å²) < 4.78 is 0. The van der Waals surface area contributed by atoms with E-state index < -0.39 is 0 Å². The van der Waals surface area contributed by atoms with Gasteiger partial charge in [0.2, 0.25) is 0 Å². The Kier molecular flexibility index (Phi) is 6.03. The van der Waals surface area contributed by atoms with Gasteiger partial charge in [0.1, 0.15) is 0 Å². The number of hydrogen-bond acceptors (Lipinski definition) is 2. The Bertz CT molecular complexity index is 966. The Balaban J connectivity index is 1.70. The zero-order valence-electron chi connectivity index (χ0n) is 18.8. The summed E-state index contributed by atoms with van der Waals surface area (Å²) in [6, 6.07) is 7.69. The molecule has 1 aromatic carbocycles. The van der Waals surface area contributed by atoms with Crippen LogP contribution >= 0.6 is 0 Å². The molecule has 0 spiro atoms. The van der Waals surface area contributed by atoms with Gasteiger partial charge in [-0.05, 0) is 64.7 Å². The number of anilines is 1. The first kappa shape index (κ1) is 20.8. The Morgan fingerprint density at radius 1 is 1.10 bits per heavy atom. The topological polar surface area (TPSA) is 48.1 Å². The zero-order chi connectivity index (χ0) is 21.3. The highest BCUT2D eigenvalue weighted by Gasteiger charge is 2.22. The van der Waals surface area contributed by atoms with Crippen LogP contribution in [0.5, 0.6) is 0 Å². The number of amides is 1. The van der Waals surface area contributed by atoms with Gasteiger partial charge in [-0.15, -0.1) is 0 Å². The number of fused-ring (bicyclic) bond motifs is 3. The molecule has 1 saturated carbocycles. The molecule has 2 aromatic rings. The van der Waals surface area contributed by atoms with Crippen LogP contribution in [-0.2, 0) is 11.2 Å². The minimum absolute atomic E-state index is 0.0517. The molecule has 0 bridgehead atoms. The van der Waals surface area contributed by atoms with E-state index in [0.717, 1.165) is 30.5 Å². The van der Waals surface area contributed by atoms with E-state index in [4.69, 9.17) is 0 Å². The summed E-state index contributed by atoms with van der Waals surface area (Å²) in [5, 5.41) is 4.51. The number of allylic oxidation sites excluding steroid dienone is 1. The number of hydrogen-bond donors (Lipinski definition) is 2. The molecule has 1 heterocycles. The van der Waals surface area contributed by atoms with Gasteiger partial charge in [0.25, 0.3) is 5.91 Å². The second-order valence-corrected chi connectivity index (χ2v) is 9.33. The minimum atomic E-state index is 0.0517. The maximum Gasteiger partial charge on any atom is 0.251 e. The van der Waals surface area contributed by atoms with Crippen LogP contribution in [0.25, 0.3) is 17.0 Å². The van der Waals surface area contributed by atoms with E-state index in [1.165, 1.54) is 41.4 Å². The smallest absolute Gasteiger partial charge is 0.251 e. The summed E-state index contributed by atoms with van der Waals surface area (Å²) >= 11 is 0. The summed E-state index contributed by atoms with van der Waals surface area (Å²) in [6.07, 6.45) is 12.9. The number of carbonyl (C=O) groups is 1. The molecule has 2 N–H and O–H groups in total. The molecule has 0 saturated heterocycles. The number of nitrogens with zero attached hydrogens (tertiary/aromatic N) is 1. The van der Waals surface area contributed by atoms with E-state index in [0.29, 0.717) is 18.1 Å². The van der Waals surface area contributed by atoms with Gasteiger partial charge < -0.3 is 15.2 Å². The van der Waals surface area contributed by atoms with Crippen molar-refractivity contribution >= 4 is 28.6 Å². The lowest BCUT2D eigenvalue weighted by Gasteiger charge is -2.33. The van der Waals surface area contributed by atoms with Gasteiger partial charge in [-0.3, -0.25) is 4.79 Å². The zero-order valence-corrected chi connectivity index (χ0v) is 18.8. The van der Waals surface area contributed by atoms with E-state index in [2.05, 4.69) is 67.2 Å². The molecule has 2 aliphatic rings. The van der Waals surface area contributed by atoms with E-state index in [-0.39, 0.29) is 5.91 Å². The second kappa shape index (κ2) is 8.71. The molecule has 30 heavy (non-hydrogen) atoms. The van der Waals surface area contributed by atoms with Gasteiger partial charge in [0.15, 0.2) is 0 Å². The normalized spacial score (nSPS) is 17.2. The molecule has 4 heteroatoms. The molecule has 0 aliphatic heterocycles. The van der Waals surface area contributed by atoms with Crippen molar-refractivity contribution in [2.75, 3.05) is 4.90 Å². The molecular formula is C26H35N3O. The molecule has 4 nitrogen and oxygen atoms in total. The lowest BCUT2D eigenvalue weighted by Crippen LogP contribution is -2.37. The summed E-state index contributed by atoms with van der Waals surface area (Å²) in [5.74, 6) is 0.0517. The van der Waals surface area contributed by atoms with Crippen LogP contribution in [0.2, 0.25) is 0 Å². The largest absolute Gasteiger partial charge is 0.365 e. The predicted molar refractivity (Wildman–Crippen MR) is 127 cm³/mol. The number of nitrogens with one attached hydrogen (secondary N) is 2. The number of carbonyl (C=O) groups excluding carboxylic acids is 1. The van der Waals surface area contributed by atoms with Gasteiger partial charge in [-0.1, -0.05) is 43.5 Å². The van der Waals surface area contributed by atoms with Crippen molar-refractivity contribution in [3.63, 3.8) is 0 Å². The third-order valence-corrected chi connectivity index (χ3v) is 6.47. The van der Waals surface area contributed by atoms with E-state index in [1.807, 2.05) is 12.2 Å². The van der Waals surface area contributed by atoms with Crippen LogP contribution in [-0.4, -0.2) is 29.0 Å². The molecule has 4 rings (SSSR count). The molecule has 0 radical (unpaired) electrons. The monoisotopic (exact) mass is 405 g/mol. The molecule has 1 amide bonds. The van der Waals surface area contributed by atoms with Gasteiger partial charge >= 0.3 is 0 Å². The van der Waals surface area contributed by atoms with Crippen molar-refractivity contribution < 1.29 is 4.79 Å². The first-order valence-corrected chi connectivity index (χ1v) is 11.6. The second-order valence-electron chi connectivity index (χ2n) is 9.33. The van der Waals surface area contributed by atoms with Crippen LogP contribution in [0.1, 0.15) is 71.1 Å². The molecule has 2 aliphatic carbocycles. The summed E-state index contributed by atoms with van der Waals surface area (Å²) in [4.78, 5) is 19.1. The van der Waals surface area contributed by atoms with Crippen molar-refractivity contribution in [3.8, 4) is 0 Å². The molecule has 1 fully saturated rings. The maximum atomic E-state index is 12.9. The van der Waals surface area contributed by atoms with E-state index in [9.17, 15) is 4.79 Å². The number of aromatic amines is 1. The highest BCUT2D eigenvalue weighted by Crippen LogP contribution is 2.35. The molecule has 160 valence electrons. The summed E-state index contributed by atoms with van der Waals surface area (Å²) in [6.45, 7) is 8.96. The third-order valence-electron chi connectivity index (χ3n) is 6.47. The Morgan fingerprint density at radius 2 is 1.83 bits per heavy atom. The van der Waals surface area contributed by atoms with Gasteiger partial charge in [0.05, 0.1) is 11.2 Å². The number of rotatable bonds is 5. The lowest BCUT2D eigenvalue weighted by molar-refractivity contribution is -0.118. The maximum absolute atomic E-state index is 12.9. The Hall–Kier alpha value is -2.49. The summed E-state index contributed by atoms with van der Waals surface area (Å²) in [5.41, 5.74) is 5.48. The molecule has 0 unspecified atom stereocenters. The minimum Gasteiger partial charge on any atom is -0.365 e. The third kappa shape index (κ3) is 4.05. The first-order valence-electron chi connectivity index (χ1n) is 11.6. The van der Waals surface area contributed by atoms with Crippen molar-refractivity contribution in [1.29, 1.82) is 0 Å². The van der Waals surface area contributed by atoms with Gasteiger partial charge in [-0.25, -0.2) is 0 Å². The van der Waals surface area contributed by atoms with Crippen LogP contribution in [0, 0.1) is 0 Å². The number of aromatic nitrogens is 1. The van der Waals surface area contributed by atoms with Crippen LogP contribution in [0.15, 0.2) is 35.9 Å². The number of benzene rings is 1. The van der Waals surface area contributed by atoms with Crippen molar-refractivity contribution in [1.82, 2.24) is 10.3 Å². The fourth-order valence-corrected chi connectivity index (χ4v) is 5.15. The van der Waals surface area contributed by atoms with E-state index in [1.54, 1.807) is 0 Å². The predicted octanol–water partition coefficient (Wildman–Crippen LogP) is 5.74. The number of para-hydroxylation sites is 1. The highest BCUT2D eigenvalue weighted by molar-refractivity contribution is 6.03. The standard InChI is InChI=1S/C26H35N3O/c1-17(2)29(18(3)4)24-15-9-14-22-21-13-8-10-19(16-23(21)28-25(22)24)26(30)27-20-11-6-5-7-12-20/h8-10,14-18,20,28H,5-7,11-13H2,1-4H3,(H,27,30). The van der Waals surface area contributed by atoms with Crippen molar-refractivity contribution in [3.05, 3.63) is 47.2 Å². The highest BCUT2D eigenvalue weighted by atomic mass is 16.1. The Morgan fingerprint density at radius 3 is 2.53 bits per heavy atom. The van der Waals surface area contributed by atoms with Crippen molar-refractivity contribution in [2.45, 2.75) is 84.3 Å². The average molecular weight is 406 g/mol. The first-order chi connectivity index (χ1) is 14.5. The Labute approximate surface area is 180 Å². The van der Waals surface area contributed by atoms with Crippen LogP contribution in [0.3, 0.4) is 0 Å². The number of H-pyrrole nitrogens is 1. The van der Waals surface area contributed by atoms with Gasteiger partial charge in [0, 0.05) is 34.8 Å². The van der Waals surface area contributed by atoms with E-state index >= 15 is 0 Å². The lowest BCUT2D eigenvalue weighted by atomic mass is 9.95. The van der Waals surface area contributed by atoms with Crippen molar-refractivity contribution in [2.24, 2.45) is 0 Å². The SMILES string of the molecule is CC(C)N(c1cccc2c3c([nH]c12)C=C(C(=O)NC1CCCCC1)C=CC3)C(C)C. The fourth-order valence-electron chi connectivity index (χ4n) is 5.15. The molecule has 1 aromatic heterocycles. The molecular weight excluding hydrogens is 370 g/mol. The molecule has 0 atom stereocenters. The van der Waals surface area contributed by atoms with Crippen LogP contribution in [0.4, 0.5) is 5.69 Å². The van der Waals surface area contributed by atoms with Gasteiger partial charge in [-0.2, -0.15) is 0 Å².